The third-order valence-electron chi connectivity index (χ3n) is 4.57. The molecule has 3 N–H and O–H groups in total. The summed E-state index contributed by atoms with van der Waals surface area (Å²) in [4.78, 5) is 12.3. The molecule has 0 saturated heterocycles. The van der Waals surface area contributed by atoms with E-state index >= 15 is 0 Å². The molecule has 4 heteroatoms. The van der Waals surface area contributed by atoms with Gasteiger partial charge in [0.25, 0.3) is 0 Å². The minimum atomic E-state index is 0.172. The van der Waals surface area contributed by atoms with Crippen LogP contribution in [-0.4, -0.2) is 31.7 Å². The van der Waals surface area contributed by atoms with E-state index in [9.17, 15) is 4.79 Å². The van der Waals surface area contributed by atoms with E-state index in [2.05, 4.69) is 5.32 Å². The summed E-state index contributed by atoms with van der Waals surface area (Å²) in [5.74, 6) is 0.934. The number of ether oxygens (including phenoxy) is 1. The van der Waals surface area contributed by atoms with Gasteiger partial charge < -0.3 is 15.8 Å². The summed E-state index contributed by atoms with van der Waals surface area (Å²) in [6.07, 6.45) is 7.79. The molecule has 0 radical (unpaired) electrons. The van der Waals surface area contributed by atoms with Crippen molar-refractivity contribution < 1.29 is 9.53 Å². The number of nitrogens with one attached hydrogen (secondary N) is 1. The average Bonchev–Trinajstić information content (AvgIpc) is 2.86. The Bertz CT molecular complexity index is 283. The molecule has 0 aromatic rings. The van der Waals surface area contributed by atoms with E-state index in [0.29, 0.717) is 12.5 Å². The molecule has 1 amide bonds. The summed E-state index contributed by atoms with van der Waals surface area (Å²) < 4.78 is 5.42. The molecule has 0 spiro atoms. The third-order valence-corrected chi connectivity index (χ3v) is 4.57. The van der Waals surface area contributed by atoms with Gasteiger partial charge in [0, 0.05) is 13.0 Å². The van der Waals surface area contributed by atoms with Crippen LogP contribution in [0.5, 0.6) is 0 Å². The monoisotopic (exact) mass is 254 g/mol. The first-order chi connectivity index (χ1) is 8.74. The molecule has 2 aliphatic rings. The van der Waals surface area contributed by atoms with Gasteiger partial charge in [-0.25, -0.2) is 0 Å². The maximum absolute atomic E-state index is 12.3. The second kappa shape index (κ2) is 6.53. The number of amides is 1. The van der Waals surface area contributed by atoms with Crippen LogP contribution in [-0.2, 0) is 9.53 Å². The maximum atomic E-state index is 12.3. The van der Waals surface area contributed by atoms with E-state index in [1.54, 1.807) is 7.11 Å². The van der Waals surface area contributed by atoms with Gasteiger partial charge in [-0.3, -0.25) is 4.79 Å². The van der Waals surface area contributed by atoms with Gasteiger partial charge >= 0.3 is 0 Å². The van der Waals surface area contributed by atoms with Gasteiger partial charge in [-0.1, -0.05) is 6.42 Å². The Kier molecular flexibility index (Phi) is 5.01. The second-order valence-corrected chi connectivity index (χ2v) is 5.79. The van der Waals surface area contributed by atoms with Crippen molar-refractivity contribution in [2.24, 2.45) is 17.6 Å². The first-order valence-corrected chi connectivity index (χ1v) is 7.27. The van der Waals surface area contributed by atoms with Gasteiger partial charge in [-0.15, -0.1) is 0 Å². The summed E-state index contributed by atoms with van der Waals surface area (Å²) in [7, 11) is 1.74. The quantitative estimate of drug-likeness (QED) is 0.798. The summed E-state index contributed by atoms with van der Waals surface area (Å²) in [6, 6.07) is 0.223. The van der Waals surface area contributed by atoms with Gasteiger partial charge in [-0.2, -0.15) is 0 Å². The summed E-state index contributed by atoms with van der Waals surface area (Å²) in [5, 5.41) is 3.19. The normalized spacial score (nSPS) is 36.6. The number of rotatable bonds is 4. The fraction of sp³-hybridized carbons (Fsp3) is 0.929. The molecule has 4 nitrogen and oxygen atoms in total. The molecule has 2 fully saturated rings. The Morgan fingerprint density at radius 2 is 2.06 bits per heavy atom. The standard InChI is InChI=1S/C14H26N2O2/c1-18-13-7-3-6-12(13)16-14(17)11-5-2-4-10(8-11)9-15/h10-13H,2-9,15H2,1H3,(H,16,17). The average molecular weight is 254 g/mol. The lowest BCUT2D eigenvalue weighted by Gasteiger charge is -2.29. The lowest BCUT2D eigenvalue weighted by atomic mass is 9.81. The van der Waals surface area contributed by atoms with Crippen LogP contribution in [0.4, 0.5) is 0 Å². The van der Waals surface area contributed by atoms with E-state index in [4.69, 9.17) is 10.5 Å². The molecule has 0 bridgehead atoms. The molecule has 2 rings (SSSR count). The lowest BCUT2D eigenvalue weighted by Crippen LogP contribution is -2.44. The highest BCUT2D eigenvalue weighted by Crippen LogP contribution is 2.29. The molecule has 0 aliphatic heterocycles. The minimum Gasteiger partial charge on any atom is -0.379 e. The minimum absolute atomic E-state index is 0.172. The Morgan fingerprint density at radius 1 is 1.28 bits per heavy atom. The van der Waals surface area contributed by atoms with Gasteiger partial charge in [0.15, 0.2) is 0 Å². The number of carbonyl (C=O) groups excluding carboxylic acids is 1. The third kappa shape index (κ3) is 3.23. The van der Waals surface area contributed by atoms with Crippen LogP contribution >= 0.6 is 0 Å². The SMILES string of the molecule is COC1CCCC1NC(=O)C1CCCC(CN)C1. The fourth-order valence-electron chi connectivity index (χ4n) is 3.42. The number of hydrogen-bond acceptors (Lipinski definition) is 3. The first kappa shape index (κ1) is 13.8. The Morgan fingerprint density at radius 3 is 2.78 bits per heavy atom. The molecule has 0 aromatic carbocycles. The second-order valence-electron chi connectivity index (χ2n) is 5.79. The van der Waals surface area contributed by atoms with Crippen LogP contribution in [0.25, 0.3) is 0 Å². The number of nitrogens with two attached hydrogens (primary N) is 1. The summed E-state index contributed by atoms with van der Waals surface area (Å²) in [6.45, 7) is 0.716. The van der Waals surface area contributed by atoms with Crippen molar-refractivity contribution in [1.29, 1.82) is 0 Å². The van der Waals surface area contributed by atoms with Crippen molar-refractivity contribution in [2.45, 2.75) is 57.1 Å². The van der Waals surface area contributed by atoms with Crippen LogP contribution in [0.1, 0.15) is 44.9 Å². The molecule has 4 unspecified atom stereocenters. The van der Waals surface area contributed by atoms with Crippen LogP contribution in [0.2, 0.25) is 0 Å². The zero-order valence-electron chi connectivity index (χ0n) is 11.4. The molecular formula is C14H26N2O2. The topological polar surface area (TPSA) is 64.3 Å². The molecule has 2 aliphatic carbocycles. The van der Waals surface area contributed by atoms with E-state index in [1.807, 2.05) is 0 Å². The van der Waals surface area contributed by atoms with Gasteiger partial charge in [0.05, 0.1) is 12.1 Å². The lowest BCUT2D eigenvalue weighted by molar-refractivity contribution is -0.128. The van der Waals surface area contributed by atoms with E-state index < -0.39 is 0 Å². The van der Waals surface area contributed by atoms with Crippen molar-refractivity contribution in [3.05, 3.63) is 0 Å². The number of methoxy groups -OCH3 is 1. The van der Waals surface area contributed by atoms with E-state index in [0.717, 1.165) is 38.5 Å². The van der Waals surface area contributed by atoms with E-state index in [-0.39, 0.29) is 24.0 Å². The molecule has 4 atom stereocenters. The Hall–Kier alpha value is -0.610. The molecule has 104 valence electrons. The van der Waals surface area contributed by atoms with Crippen LogP contribution in [0, 0.1) is 11.8 Å². The number of carbonyl (C=O) groups is 1. The zero-order chi connectivity index (χ0) is 13.0. The molecular weight excluding hydrogens is 228 g/mol. The zero-order valence-corrected chi connectivity index (χ0v) is 11.4. The predicted octanol–water partition coefficient (Wildman–Crippen LogP) is 1.44. The fourth-order valence-corrected chi connectivity index (χ4v) is 3.42. The molecule has 0 aromatic heterocycles. The van der Waals surface area contributed by atoms with Crippen molar-refractivity contribution in [3.8, 4) is 0 Å². The van der Waals surface area contributed by atoms with Crippen LogP contribution in [0.15, 0.2) is 0 Å². The van der Waals surface area contributed by atoms with Crippen molar-refractivity contribution >= 4 is 5.91 Å². The van der Waals surface area contributed by atoms with Gasteiger partial charge in [-0.05, 0) is 51.0 Å². The maximum Gasteiger partial charge on any atom is 0.223 e. The van der Waals surface area contributed by atoms with Crippen LogP contribution < -0.4 is 11.1 Å². The highest BCUT2D eigenvalue weighted by atomic mass is 16.5. The first-order valence-electron chi connectivity index (χ1n) is 7.27. The smallest absolute Gasteiger partial charge is 0.223 e. The molecule has 2 saturated carbocycles. The predicted molar refractivity (Wildman–Crippen MR) is 71.1 cm³/mol. The largest absolute Gasteiger partial charge is 0.379 e. The number of hydrogen-bond donors (Lipinski definition) is 2. The Labute approximate surface area is 110 Å². The van der Waals surface area contributed by atoms with Gasteiger partial charge in [0.2, 0.25) is 5.91 Å². The summed E-state index contributed by atoms with van der Waals surface area (Å²) in [5.41, 5.74) is 5.72. The van der Waals surface area contributed by atoms with E-state index in [1.165, 1.54) is 6.42 Å². The van der Waals surface area contributed by atoms with Crippen molar-refractivity contribution in [3.63, 3.8) is 0 Å². The van der Waals surface area contributed by atoms with Crippen LogP contribution in [0.3, 0.4) is 0 Å². The molecule has 0 heterocycles. The van der Waals surface area contributed by atoms with Crippen molar-refractivity contribution in [2.75, 3.05) is 13.7 Å². The summed E-state index contributed by atoms with van der Waals surface area (Å²) >= 11 is 0. The van der Waals surface area contributed by atoms with Gasteiger partial charge in [0.1, 0.15) is 0 Å². The highest BCUT2D eigenvalue weighted by Gasteiger charge is 2.32. The molecule has 18 heavy (non-hydrogen) atoms. The Balaban J connectivity index is 1.83. The van der Waals surface area contributed by atoms with Crippen molar-refractivity contribution in [1.82, 2.24) is 5.32 Å². The highest BCUT2D eigenvalue weighted by molar-refractivity contribution is 5.79.